The lowest BCUT2D eigenvalue weighted by Gasteiger charge is -2.25. The van der Waals surface area contributed by atoms with Crippen molar-refractivity contribution < 1.29 is 4.79 Å². The molecule has 25 heavy (non-hydrogen) atoms. The predicted molar refractivity (Wildman–Crippen MR) is 108 cm³/mol. The Morgan fingerprint density at radius 2 is 1.76 bits per heavy atom. The molecule has 0 aromatic heterocycles. The molecule has 1 saturated heterocycles. The maximum Gasteiger partial charge on any atom is 0.323 e. The van der Waals surface area contributed by atoms with E-state index in [0.717, 1.165) is 23.5 Å². The Balaban J connectivity index is 1.70. The van der Waals surface area contributed by atoms with Gasteiger partial charge >= 0.3 is 6.03 Å². The van der Waals surface area contributed by atoms with E-state index in [-0.39, 0.29) is 16.8 Å². The fourth-order valence-electron chi connectivity index (χ4n) is 2.83. The first-order valence-electron chi connectivity index (χ1n) is 8.40. The molecule has 3 nitrogen and oxygen atoms in total. The van der Waals surface area contributed by atoms with Crippen LogP contribution in [0.25, 0.3) is 0 Å². The van der Waals surface area contributed by atoms with Crippen LogP contribution in [0.2, 0.25) is 5.02 Å². The van der Waals surface area contributed by atoms with Crippen LogP contribution in [0.15, 0.2) is 48.5 Å². The van der Waals surface area contributed by atoms with Gasteiger partial charge in [-0.1, -0.05) is 56.6 Å². The van der Waals surface area contributed by atoms with Crippen LogP contribution >= 0.6 is 23.4 Å². The highest BCUT2D eigenvalue weighted by Gasteiger charge is 2.30. The van der Waals surface area contributed by atoms with E-state index in [4.69, 9.17) is 11.6 Å². The maximum atomic E-state index is 12.7. The summed E-state index contributed by atoms with van der Waals surface area (Å²) < 4.78 is 0. The van der Waals surface area contributed by atoms with Crippen molar-refractivity contribution >= 4 is 35.1 Å². The molecule has 1 N–H and O–H groups in total. The third kappa shape index (κ3) is 4.31. The van der Waals surface area contributed by atoms with Gasteiger partial charge in [-0.25, -0.2) is 4.79 Å². The first-order chi connectivity index (χ1) is 11.8. The summed E-state index contributed by atoms with van der Waals surface area (Å²) in [6.07, 6.45) is 0. The lowest BCUT2D eigenvalue weighted by Crippen LogP contribution is -2.34. The van der Waals surface area contributed by atoms with E-state index < -0.39 is 0 Å². The SMILES string of the molecule is CC(C)(C)c1ccc(NC(=O)N2CCSC2c2ccc(Cl)cc2)cc1. The van der Waals surface area contributed by atoms with E-state index in [1.807, 2.05) is 41.3 Å². The van der Waals surface area contributed by atoms with Crippen LogP contribution in [0.1, 0.15) is 37.3 Å². The molecule has 1 aliphatic rings. The normalized spacial score (nSPS) is 17.6. The van der Waals surface area contributed by atoms with Crippen LogP contribution in [0.5, 0.6) is 0 Å². The Morgan fingerprint density at radius 1 is 1.12 bits per heavy atom. The van der Waals surface area contributed by atoms with E-state index in [1.165, 1.54) is 5.56 Å². The van der Waals surface area contributed by atoms with Crippen LogP contribution in [0, 0.1) is 0 Å². The van der Waals surface area contributed by atoms with E-state index in [0.29, 0.717) is 5.02 Å². The number of benzene rings is 2. The number of thioether (sulfide) groups is 1. The summed E-state index contributed by atoms with van der Waals surface area (Å²) in [4.78, 5) is 14.6. The van der Waals surface area contributed by atoms with Gasteiger partial charge in [0.15, 0.2) is 0 Å². The molecular formula is C20H23ClN2OS. The van der Waals surface area contributed by atoms with Crippen molar-refractivity contribution in [3.05, 3.63) is 64.7 Å². The van der Waals surface area contributed by atoms with Crippen molar-refractivity contribution in [2.45, 2.75) is 31.6 Å². The second-order valence-electron chi connectivity index (χ2n) is 7.23. The summed E-state index contributed by atoms with van der Waals surface area (Å²) in [5, 5.41) is 3.76. The zero-order chi connectivity index (χ0) is 18.0. The molecule has 2 aromatic rings. The summed E-state index contributed by atoms with van der Waals surface area (Å²) in [6, 6.07) is 15.8. The highest BCUT2D eigenvalue weighted by atomic mass is 35.5. The molecule has 1 heterocycles. The molecule has 2 aromatic carbocycles. The third-order valence-electron chi connectivity index (χ3n) is 4.31. The summed E-state index contributed by atoms with van der Waals surface area (Å²) in [5.41, 5.74) is 3.28. The van der Waals surface area contributed by atoms with Crippen LogP contribution in [-0.4, -0.2) is 23.2 Å². The number of nitrogens with one attached hydrogen (secondary N) is 1. The number of hydrogen-bond acceptors (Lipinski definition) is 2. The second kappa shape index (κ2) is 7.30. The minimum atomic E-state index is -0.0616. The molecule has 1 fully saturated rings. The Morgan fingerprint density at radius 3 is 2.36 bits per heavy atom. The Hall–Kier alpha value is -1.65. The van der Waals surface area contributed by atoms with Crippen molar-refractivity contribution in [1.29, 1.82) is 0 Å². The van der Waals surface area contributed by atoms with Gasteiger partial charge in [-0.3, -0.25) is 0 Å². The highest BCUT2D eigenvalue weighted by Crippen LogP contribution is 2.38. The van der Waals surface area contributed by atoms with Gasteiger partial charge in [0.2, 0.25) is 0 Å². The van der Waals surface area contributed by atoms with Gasteiger partial charge in [0.1, 0.15) is 5.37 Å². The number of hydrogen-bond donors (Lipinski definition) is 1. The average Bonchev–Trinajstić information content (AvgIpc) is 3.05. The second-order valence-corrected chi connectivity index (χ2v) is 8.85. The Kier molecular flexibility index (Phi) is 5.30. The van der Waals surface area contributed by atoms with Gasteiger partial charge in [-0.15, -0.1) is 11.8 Å². The smallest absolute Gasteiger partial charge is 0.308 e. The molecule has 1 unspecified atom stereocenters. The van der Waals surface area contributed by atoms with E-state index in [2.05, 4.69) is 38.2 Å². The number of carbonyl (C=O) groups excluding carboxylic acids is 1. The van der Waals surface area contributed by atoms with Gasteiger partial charge in [-0.05, 0) is 40.8 Å². The van der Waals surface area contributed by atoms with Crippen LogP contribution in [0.4, 0.5) is 10.5 Å². The van der Waals surface area contributed by atoms with Crippen LogP contribution < -0.4 is 5.32 Å². The number of nitrogens with zero attached hydrogens (tertiary/aromatic N) is 1. The first-order valence-corrected chi connectivity index (χ1v) is 9.82. The first kappa shape index (κ1) is 18.2. The number of halogens is 1. The minimum Gasteiger partial charge on any atom is -0.308 e. The standard InChI is InChI=1S/C20H23ClN2OS/c1-20(2,3)15-6-10-17(11-7-15)22-19(24)23-12-13-25-18(23)14-4-8-16(21)9-5-14/h4-11,18H,12-13H2,1-3H3,(H,22,24). The molecular weight excluding hydrogens is 352 g/mol. The van der Waals surface area contributed by atoms with Crippen molar-refractivity contribution in [2.24, 2.45) is 0 Å². The molecule has 1 atom stereocenters. The molecule has 5 heteroatoms. The average molecular weight is 375 g/mol. The predicted octanol–water partition coefficient (Wildman–Crippen LogP) is 5.92. The molecule has 132 valence electrons. The number of rotatable bonds is 2. The van der Waals surface area contributed by atoms with Crippen molar-refractivity contribution in [3.8, 4) is 0 Å². The summed E-state index contributed by atoms with van der Waals surface area (Å²) in [6.45, 7) is 7.28. The van der Waals surface area contributed by atoms with E-state index in [9.17, 15) is 4.79 Å². The number of anilines is 1. The molecule has 3 rings (SSSR count). The van der Waals surface area contributed by atoms with Crippen LogP contribution in [0.3, 0.4) is 0 Å². The summed E-state index contributed by atoms with van der Waals surface area (Å²) in [5.74, 6) is 0.934. The van der Waals surface area contributed by atoms with E-state index in [1.54, 1.807) is 11.8 Å². The largest absolute Gasteiger partial charge is 0.323 e. The lowest BCUT2D eigenvalue weighted by atomic mass is 9.87. The molecule has 0 bridgehead atoms. The monoisotopic (exact) mass is 374 g/mol. The zero-order valence-electron chi connectivity index (χ0n) is 14.8. The fourth-order valence-corrected chi connectivity index (χ4v) is 4.21. The number of urea groups is 1. The van der Waals surface area contributed by atoms with Gasteiger partial charge < -0.3 is 10.2 Å². The molecule has 0 spiro atoms. The van der Waals surface area contributed by atoms with E-state index >= 15 is 0 Å². The van der Waals surface area contributed by atoms with Gasteiger partial charge in [0.05, 0.1) is 0 Å². The molecule has 1 aliphatic heterocycles. The third-order valence-corrected chi connectivity index (χ3v) is 5.82. The minimum absolute atomic E-state index is 0.0334. The fraction of sp³-hybridized carbons (Fsp3) is 0.350. The highest BCUT2D eigenvalue weighted by molar-refractivity contribution is 7.99. The van der Waals surface area contributed by atoms with Crippen molar-refractivity contribution in [1.82, 2.24) is 4.90 Å². The Labute approximate surface area is 158 Å². The molecule has 0 saturated carbocycles. The molecule has 0 aliphatic carbocycles. The van der Waals surface area contributed by atoms with Gasteiger partial charge in [0.25, 0.3) is 0 Å². The quantitative estimate of drug-likeness (QED) is 0.707. The van der Waals surface area contributed by atoms with Crippen molar-refractivity contribution in [3.63, 3.8) is 0 Å². The summed E-state index contributed by atoms with van der Waals surface area (Å²) >= 11 is 7.75. The lowest BCUT2D eigenvalue weighted by molar-refractivity contribution is 0.214. The Bertz CT molecular complexity index is 738. The number of amides is 2. The zero-order valence-corrected chi connectivity index (χ0v) is 16.3. The summed E-state index contributed by atoms with van der Waals surface area (Å²) in [7, 11) is 0. The van der Waals surface area contributed by atoms with Crippen molar-refractivity contribution in [2.75, 3.05) is 17.6 Å². The molecule has 0 radical (unpaired) electrons. The van der Waals surface area contributed by atoms with Gasteiger partial charge in [0, 0.05) is 23.0 Å². The van der Waals surface area contributed by atoms with Gasteiger partial charge in [-0.2, -0.15) is 0 Å². The topological polar surface area (TPSA) is 32.3 Å². The maximum absolute atomic E-state index is 12.7. The van der Waals surface area contributed by atoms with Crippen LogP contribution in [-0.2, 0) is 5.41 Å². The molecule has 2 amide bonds. The number of carbonyl (C=O) groups is 1.